The Kier molecular flexibility index (Phi) is 6.69. The van der Waals surface area contributed by atoms with E-state index < -0.39 is 5.97 Å². The second-order valence-corrected chi connectivity index (χ2v) is 7.01. The van der Waals surface area contributed by atoms with Gasteiger partial charge in [0.05, 0.1) is 38.3 Å². The Hall–Kier alpha value is -3.10. The topological polar surface area (TPSA) is 82.0 Å². The molecule has 1 N–H and O–H groups in total. The number of hydrazone groups is 1. The van der Waals surface area contributed by atoms with E-state index in [1.165, 1.54) is 27.5 Å². The smallest absolute Gasteiger partial charge is 0.350 e. The van der Waals surface area contributed by atoms with Crippen molar-refractivity contribution in [3.05, 3.63) is 57.9 Å². The van der Waals surface area contributed by atoms with Crippen molar-refractivity contribution in [1.29, 1.82) is 0 Å². The SMILES string of the molecule is COC(=O)c1sc(N/N=C\c2ccc(OC)c(OC)c2Cl)nc1-c1ccccc1. The van der Waals surface area contributed by atoms with E-state index in [1.807, 2.05) is 30.3 Å². The molecule has 3 aromatic rings. The van der Waals surface area contributed by atoms with Crippen LogP contribution >= 0.6 is 22.9 Å². The number of thiazole rings is 1. The number of ether oxygens (including phenoxy) is 3. The molecule has 9 heteroatoms. The maximum atomic E-state index is 12.1. The minimum Gasteiger partial charge on any atom is -0.493 e. The van der Waals surface area contributed by atoms with Crippen LogP contribution in [-0.4, -0.2) is 38.5 Å². The number of rotatable bonds is 7. The van der Waals surface area contributed by atoms with Crippen molar-refractivity contribution in [3.63, 3.8) is 0 Å². The molecule has 0 bridgehead atoms. The van der Waals surface area contributed by atoms with Crippen molar-refractivity contribution in [3.8, 4) is 22.8 Å². The second-order valence-electron chi connectivity index (χ2n) is 5.63. The van der Waals surface area contributed by atoms with Crippen LogP contribution in [0.15, 0.2) is 47.6 Å². The lowest BCUT2D eigenvalue weighted by Crippen LogP contribution is -2.00. The van der Waals surface area contributed by atoms with Crippen LogP contribution in [0, 0.1) is 0 Å². The molecule has 0 amide bonds. The lowest BCUT2D eigenvalue weighted by Gasteiger charge is -2.10. The normalized spacial score (nSPS) is 10.8. The van der Waals surface area contributed by atoms with E-state index in [2.05, 4.69) is 15.5 Å². The quantitative estimate of drug-likeness (QED) is 0.331. The number of hydrogen-bond donors (Lipinski definition) is 1. The number of methoxy groups -OCH3 is 3. The van der Waals surface area contributed by atoms with Gasteiger partial charge in [0.1, 0.15) is 4.88 Å². The highest BCUT2D eigenvalue weighted by molar-refractivity contribution is 7.17. The highest BCUT2D eigenvalue weighted by atomic mass is 35.5. The summed E-state index contributed by atoms with van der Waals surface area (Å²) in [6.07, 6.45) is 1.53. The first-order valence-electron chi connectivity index (χ1n) is 8.43. The van der Waals surface area contributed by atoms with Gasteiger partial charge in [-0.25, -0.2) is 9.78 Å². The van der Waals surface area contributed by atoms with Gasteiger partial charge in [0.2, 0.25) is 5.13 Å². The van der Waals surface area contributed by atoms with Crippen molar-refractivity contribution in [2.45, 2.75) is 0 Å². The van der Waals surface area contributed by atoms with Crippen LogP contribution in [0.3, 0.4) is 0 Å². The van der Waals surface area contributed by atoms with Crippen LogP contribution in [0.4, 0.5) is 5.13 Å². The number of carbonyl (C=O) groups is 1. The maximum Gasteiger partial charge on any atom is 0.350 e. The third-order valence-electron chi connectivity index (χ3n) is 3.92. The number of nitrogens with one attached hydrogen (secondary N) is 1. The molecular formula is C20H18ClN3O4S. The molecule has 29 heavy (non-hydrogen) atoms. The van der Waals surface area contributed by atoms with Gasteiger partial charge in [-0.1, -0.05) is 53.3 Å². The molecule has 1 heterocycles. The third kappa shape index (κ3) is 4.49. The highest BCUT2D eigenvalue weighted by Gasteiger charge is 2.20. The van der Waals surface area contributed by atoms with E-state index in [0.29, 0.717) is 37.8 Å². The van der Waals surface area contributed by atoms with Crippen LogP contribution in [0.25, 0.3) is 11.3 Å². The fourth-order valence-corrected chi connectivity index (χ4v) is 3.69. The summed E-state index contributed by atoms with van der Waals surface area (Å²) in [6, 6.07) is 12.9. The first kappa shape index (κ1) is 20.6. The Morgan fingerprint density at radius 3 is 2.55 bits per heavy atom. The summed E-state index contributed by atoms with van der Waals surface area (Å²) in [5, 5.41) is 4.99. The first-order valence-corrected chi connectivity index (χ1v) is 9.62. The van der Waals surface area contributed by atoms with Gasteiger partial charge in [0, 0.05) is 11.1 Å². The summed E-state index contributed by atoms with van der Waals surface area (Å²) in [6.45, 7) is 0. The zero-order valence-electron chi connectivity index (χ0n) is 15.9. The Bertz CT molecular complexity index is 1040. The molecule has 0 aliphatic rings. The lowest BCUT2D eigenvalue weighted by molar-refractivity contribution is 0.0607. The zero-order valence-corrected chi connectivity index (χ0v) is 17.5. The van der Waals surface area contributed by atoms with E-state index in [4.69, 9.17) is 25.8 Å². The van der Waals surface area contributed by atoms with E-state index >= 15 is 0 Å². The fraction of sp³-hybridized carbons (Fsp3) is 0.150. The van der Waals surface area contributed by atoms with Gasteiger partial charge in [-0.3, -0.25) is 5.43 Å². The van der Waals surface area contributed by atoms with Crippen molar-refractivity contribution in [2.75, 3.05) is 26.8 Å². The Morgan fingerprint density at radius 1 is 1.14 bits per heavy atom. The molecule has 0 fully saturated rings. The monoisotopic (exact) mass is 431 g/mol. The van der Waals surface area contributed by atoms with Gasteiger partial charge >= 0.3 is 5.97 Å². The fourth-order valence-electron chi connectivity index (χ4n) is 2.55. The summed E-state index contributed by atoms with van der Waals surface area (Å²) in [5.74, 6) is 0.491. The number of carbonyl (C=O) groups excluding carboxylic acids is 1. The van der Waals surface area contributed by atoms with Crippen LogP contribution in [0.2, 0.25) is 5.02 Å². The lowest BCUT2D eigenvalue weighted by atomic mass is 10.1. The average molecular weight is 432 g/mol. The summed E-state index contributed by atoms with van der Waals surface area (Å²) >= 11 is 7.50. The van der Waals surface area contributed by atoms with Gasteiger partial charge in [0.15, 0.2) is 11.5 Å². The van der Waals surface area contributed by atoms with Crippen LogP contribution in [-0.2, 0) is 4.74 Å². The van der Waals surface area contributed by atoms with Gasteiger partial charge < -0.3 is 14.2 Å². The molecule has 1 aromatic heterocycles. The molecule has 150 valence electrons. The number of halogens is 1. The molecule has 0 aliphatic carbocycles. The molecule has 0 saturated carbocycles. The molecule has 0 spiro atoms. The first-order chi connectivity index (χ1) is 14.1. The predicted octanol–water partition coefficient (Wildman–Crippen LogP) is 4.71. The Morgan fingerprint density at radius 2 is 1.90 bits per heavy atom. The van der Waals surface area contributed by atoms with Gasteiger partial charge in [0.25, 0.3) is 0 Å². The number of aromatic nitrogens is 1. The minimum absolute atomic E-state index is 0.372. The maximum absolute atomic E-state index is 12.1. The number of nitrogens with zero attached hydrogens (tertiary/aromatic N) is 2. The van der Waals surface area contributed by atoms with Crippen molar-refractivity contribution < 1.29 is 19.0 Å². The third-order valence-corrected chi connectivity index (χ3v) is 5.25. The molecule has 0 atom stereocenters. The standard InChI is InChI=1S/C20H18ClN3O4S/c1-26-14-10-9-13(15(21)17(14)27-2)11-22-24-20-23-16(12-7-5-4-6-8-12)18(29-20)19(25)28-3/h4-11H,1-3H3,(H,23,24)/b22-11-. The van der Waals surface area contributed by atoms with Gasteiger partial charge in [-0.15, -0.1) is 0 Å². The number of benzene rings is 2. The highest BCUT2D eigenvalue weighted by Crippen LogP contribution is 2.36. The molecule has 0 unspecified atom stereocenters. The molecular weight excluding hydrogens is 414 g/mol. The molecule has 0 radical (unpaired) electrons. The largest absolute Gasteiger partial charge is 0.493 e. The zero-order chi connectivity index (χ0) is 20.8. The molecule has 0 saturated heterocycles. The van der Waals surface area contributed by atoms with E-state index in [9.17, 15) is 4.79 Å². The molecule has 2 aromatic carbocycles. The van der Waals surface area contributed by atoms with E-state index in [-0.39, 0.29) is 0 Å². The Labute approximate surface area is 176 Å². The summed E-state index contributed by atoms with van der Waals surface area (Å²) in [4.78, 5) is 17.0. The second kappa shape index (κ2) is 9.40. The minimum atomic E-state index is -0.457. The van der Waals surface area contributed by atoms with Gasteiger partial charge in [-0.2, -0.15) is 5.10 Å². The van der Waals surface area contributed by atoms with Crippen molar-refractivity contribution in [2.24, 2.45) is 5.10 Å². The van der Waals surface area contributed by atoms with E-state index in [0.717, 1.165) is 16.9 Å². The van der Waals surface area contributed by atoms with Crippen molar-refractivity contribution in [1.82, 2.24) is 4.98 Å². The summed E-state index contributed by atoms with van der Waals surface area (Å²) in [5.41, 5.74) is 4.80. The molecule has 7 nitrogen and oxygen atoms in total. The Balaban J connectivity index is 1.86. The summed E-state index contributed by atoms with van der Waals surface area (Å²) < 4.78 is 15.4. The summed E-state index contributed by atoms with van der Waals surface area (Å²) in [7, 11) is 4.38. The number of esters is 1. The average Bonchev–Trinajstić information content (AvgIpc) is 3.19. The van der Waals surface area contributed by atoms with Crippen molar-refractivity contribution >= 4 is 40.3 Å². The van der Waals surface area contributed by atoms with Crippen LogP contribution in [0.1, 0.15) is 15.2 Å². The van der Waals surface area contributed by atoms with Crippen LogP contribution in [0.5, 0.6) is 11.5 Å². The number of anilines is 1. The molecule has 3 rings (SSSR count). The number of hydrogen-bond acceptors (Lipinski definition) is 8. The van der Waals surface area contributed by atoms with Gasteiger partial charge in [-0.05, 0) is 12.1 Å². The molecule has 0 aliphatic heterocycles. The predicted molar refractivity (Wildman–Crippen MR) is 115 cm³/mol. The van der Waals surface area contributed by atoms with E-state index in [1.54, 1.807) is 12.1 Å². The van der Waals surface area contributed by atoms with Crippen LogP contribution < -0.4 is 14.9 Å².